The first kappa shape index (κ1) is 21.5. The molecule has 0 aromatic carbocycles. The second-order valence-corrected chi connectivity index (χ2v) is 11.4. The highest BCUT2D eigenvalue weighted by Crippen LogP contribution is 2.24. The van der Waals surface area contributed by atoms with Crippen LogP contribution in [0.1, 0.15) is 23.6 Å². The molecule has 0 aliphatic carbocycles. The van der Waals surface area contributed by atoms with Crippen LogP contribution in [0.2, 0.25) is 0 Å². The number of furan rings is 1. The summed E-state index contributed by atoms with van der Waals surface area (Å²) in [5.74, 6) is 0.0743. The van der Waals surface area contributed by atoms with E-state index in [0.29, 0.717) is 17.9 Å². The largest absolute Gasteiger partial charge is 0.468 e. The van der Waals surface area contributed by atoms with Crippen molar-refractivity contribution in [2.24, 2.45) is 0 Å². The molecule has 2 aromatic rings. The molecule has 0 bridgehead atoms. The predicted octanol–water partition coefficient (Wildman–Crippen LogP) is 0.217. The first-order chi connectivity index (χ1) is 13.5. The first-order valence-corrected chi connectivity index (χ1v) is 12.3. The van der Waals surface area contributed by atoms with Gasteiger partial charge in [0.05, 0.1) is 35.7 Å². The number of aryl methyl sites for hydroxylation is 1. The van der Waals surface area contributed by atoms with Crippen LogP contribution in [0.15, 0.2) is 27.7 Å². The van der Waals surface area contributed by atoms with Crippen LogP contribution in [0, 0.1) is 13.8 Å². The van der Waals surface area contributed by atoms with E-state index in [4.69, 9.17) is 4.42 Å². The molecule has 1 aliphatic rings. The highest BCUT2D eigenvalue weighted by atomic mass is 32.2. The number of aromatic nitrogens is 2. The van der Waals surface area contributed by atoms with Crippen molar-refractivity contribution in [3.63, 3.8) is 0 Å². The molecular formula is C17H24N4O6S2. The third kappa shape index (κ3) is 4.70. The molecule has 29 heavy (non-hydrogen) atoms. The fourth-order valence-electron chi connectivity index (χ4n) is 3.39. The van der Waals surface area contributed by atoms with Crippen molar-refractivity contribution in [1.82, 2.24) is 19.4 Å². The van der Waals surface area contributed by atoms with E-state index in [0.717, 1.165) is 4.31 Å². The van der Waals surface area contributed by atoms with Gasteiger partial charge in [-0.05, 0) is 32.4 Å². The van der Waals surface area contributed by atoms with Crippen molar-refractivity contribution in [2.75, 3.05) is 18.6 Å². The van der Waals surface area contributed by atoms with E-state index in [2.05, 4.69) is 10.4 Å². The van der Waals surface area contributed by atoms with Gasteiger partial charge in [-0.3, -0.25) is 9.48 Å². The number of sulfonamides is 1. The lowest BCUT2D eigenvalue weighted by molar-refractivity contribution is -0.122. The summed E-state index contributed by atoms with van der Waals surface area (Å²) in [6, 6.07) is 2.94. The topological polar surface area (TPSA) is 132 Å². The quantitative estimate of drug-likeness (QED) is 0.646. The third-order valence-electron chi connectivity index (χ3n) is 4.83. The van der Waals surface area contributed by atoms with Crippen LogP contribution in [0.5, 0.6) is 0 Å². The molecule has 10 nitrogen and oxygen atoms in total. The third-order valence-corrected chi connectivity index (χ3v) is 8.66. The average molecular weight is 445 g/mol. The molecule has 0 saturated carbocycles. The molecule has 0 spiro atoms. The van der Waals surface area contributed by atoms with E-state index < -0.39 is 31.8 Å². The number of sulfone groups is 1. The molecule has 1 saturated heterocycles. The van der Waals surface area contributed by atoms with E-state index in [-0.39, 0.29) is 35.2 Å². The second kappa shape index (κ2) is 7.92. The standard InChI is InChI=1S/C17H24N4O6S2/c1-12-17(29(25,26)20(3)9-15-5-4-7-27-15)13(2)21(19-12)10-16(22)18-14-6-8-28(23,24)11-14/h4-5,7,14H,6,8-11H2,1-3H3,(H,18,22)/t14-/m1/s1. The highest BCUT2D eigenvalue weighted by molar-refractivity contribution is 7.91. The monoisotopic (exact) mass is 444 g/mol. The summed E-state index contributed by atoms with van der Waals surface area (Å²) in [6.07, 6.45) is 1.85. The second-order valence-electron chi connectivity index (χ2n) is 7.17. The Balaban J connectivity index is 1.74. The van der Waals surface area contributed by atoms with Crippen molar-refractivity contribution in [3.05, 3.63) is 35.5 Å². The van der Waals surface area contributed by atoms with Gasteiger partial charge in [-0.15, -0.1) is 0 Å². The van der Waals surface area contributed by atoms with E-state index >= 15 is 0 Å². The number of hydrogen-bond donors (Lipinski definition) is 1. The van der Waals surface area contributed by atoms with Gasteiger partial charge in [-0.1, -0.05) is 0 Å². The van der Waals surface area contributed by atoms with Crippen molar-refractivity contribution < 1.29 is 26.0 Å². The number of carbonyl (C=O) groups is 1. The molecule has 2 aromatic heterocycles. The maximum atomic E-state index is 13.0. The summed E-state index contributed by atoms with van der Waals surface area (Å²) in [7, 11) is -5.51. The summed E-state index contributed by atoms with van der Waals surface area (Å²) in [6.45, 7) is 3.02. The normalized spacial score (nSPS) is 19.0. The minimum Gasteiger partial charge on any atom is -0.468 e. The minimum atomic E-state index is -3.85. The van der Waals surface area contributed by atoms with Crippen LogP contribution in [-0.2, 0) is 37.7 Å². The fraction of sp³-hybridized carbons (Fsp3) is 0.529. The molecule has 3 heterocycles. The van der Waals surface area contributed by atoms with Gasteiger partial charge in [-0.2, -0.15) is 9.40 Å². The Kier molecular flexibility index (Phi) is 5.88. The lowest BCUT2D eigenvalue weighted by Gasteiger charge is -2.16. The van der Waals surface area contributed by atoms with E-state index in [1.807, 2.05) is 0 Å². The molecule has 0 radical (unpaired) electrons. The Morgan fingerprint density at radius 2 is 2.14 bits per heavy atom. The van der Waals surface area contributed by atoms with Crippen LogP contribution in [-0.4, -0.2) is 61.4 Å². The Bertz CT molecular complexity index is 1100. The van der Waals surface area contributed by atoms with Gasteiger partial charge in [0.1, 0.15) is 17.2 Å². The van der Waals surface area contributed by atoms with Gasteiger partial charge in [0.2, 0.25) is 15.9 Å². The van der Waals surface area contributed by atoms with E-state index in [1.165, 1.54) is 18.0 Å². The number of hydrogen-bond acceptors (Lipinski definition) is 7. The lowest BCUT2D eigenvalue weighted by atomic mass is 10.2. The fourth-order valence-corrected chi connectivity index (χ4v) is 6.56. The molecule has 1 N–H and O–H groups in total. The molecule has 1 fully saturated rings. The van der Waals surface area contributed by atoms with Gasteiger partial charge < -0.3 is 9.73 Å². The van der Waals surface area contributed by atoms with Crippen LogP contribution in [0.25, 0.3) is 0 Å². The van der Waals surface area contributed by atoms with Gasteiger partial charge in [0.25, 0.3) is 0 Å². The van der Waals surface area contributed by atoms with Crippen molar-refractivity contribution in [1.29, 1.82) is 0 Å². The first-order valence-electron chi connectivity index (χ1n) is 9.02. The zero-order valence-corrected chi connectivity index (χ0v) is 18.1. The molecule has 12 heteroatoms. The Morgan fingerprint density at radius 1 is 1.41 bits per heavy atom. The lowest BCUT2D eigenvalue weighted by Crippen LogP contribution is -2.38. The Labute approximate surface area is 169 Å². The summed E-state index contributed by atoms with van der Waals surface area (Å²) in [4.78, 5) is 12.4. The van der Waals surface area contributed by atoms with Gasteiger partial charge >= 0.3 is 0 Å². The molecule has 1 aliphatic heterocycles. The smallest absolute Gasteiger partial charge is 0.246 e. The summed E-state index contributed by atoms with van der Waals surface area (Å²) < 4.78 is 56.8. The van der Waals surface area contributed by atoms with Gasteiger partial charge in [-0.25, -0.2) is 16.8 Å². The number of amides is 1. The number of carbonyl (C=O) groups excluding carboxylic acids is 1. The Hall–Kier alpha value is -2.18. The minimum absolute atomic E-state index is 0.0443. The maximum Gasteiger partial charge on any atom is 0.246 e. The average Bonchev–Trinajstić information content (AvgIpc) is 3.29. The molecule has 1 amide bonds. The molecule has 0 unspecified atom stereocenters. The van der Waals surface area contributed by atoms with Crippen LogP contribution in [0.3, 0.4) is 0 Å². The molecular weight excluding hydrogens is 420 g/mol. The molecule has 160 valence electrons. The number of nitrogens with one attached hydrogen (secondary N) is 1. The summed E-state index contributed by atoms with van der Waals surface area (Å²) >= 11 is 0. The molecule has 3 rings (SSSR count). The maximum absolute atomic E-state index is 13.0. The predicted molar refractivity (Wildman–Crippen MR) is 104 cm³/mol. The number of rotatable bonds is 7. The SMILES string of the molecule is Cc1nn(CC(=O)N[C@@H]2CCS(=O)(=O)C2)c(C)c1S(=O)(=O)N(C)Cc1ccco1. The van der Waals surface area contributed by atoms with Crippen molar-refractivity contribution >= 4 is 25.8 Å². The highest BCUT2D eigenvalue weighted by Gasteiger charge is 2.31. The van der Waals surface area contributed by atoms with E-state index in [9.17, 15) is 21.6 Å². The van der Waals surface area contributed by atoms with Crippen LogP contribution < -0.4 is 5.32 Å². The zero-order valence-electron chi connectivity index (χ0n) is 16.5. The molecule has 1 atom stereocenters. The summed E-state index contributed by atoms with van der Waals surface area (Å²) in [5, 5.41) is 6.89. The van der Waals surface area contributed by atoms with Crippen LogP contribution >= 0.6 is 0 Å². The van der Waals surface area contributed by atoms with E-state index in [1.54, 1.807) is 26.0 Å². The number of nitrogens with zero attached hydrogens (tertiary/aromatic N) is 3. The van der Waals surface area contributed by atoms with Gasteiger partial charge in [0, 0.05) is 13.1 Å². The van der Waals surface area contributed by atoms with Gasteiger partial charge in [0.15, 0.2) is 9.84 Å². The zero-order chi connectivity index (χ0) is 21.4. The summed E-state index contributed by atoms with van der Waals surface area (Å²) in [5.41, 5.74) is 0.619. The van der Waals surface area contributed by atoms with Crippen molar-refractivity contribution in [3.8, 4) is 0 Å². The van der Waals surface area contributed by atoms with Crippen LogP contribution in [0.4, 0.5) is 0 Å². The Morgan fingerprint density at radius 3 is 2.72 bits per heavy atom. The van der Waals surface area contributed by atoms with Crippen molar-refractivity contribution in [2.45, 2.75) is 44.3 Å².